The van der Waals surface area contributed by atoms with Gasteiger partial charge in [0.1, 0.15) is 0 Å². The van der Waals surface area contributed by atoms with Crippen LogP contribution in [-0.4, -0.2) is 66.2 Å². The average molecular weight is 683 g/mol. The molecule has 3 aromatic rings. The molecule has 2 atom stereocenters. The number of ketones is 1. The van der Waals surface area contributed by atoms with Crippen molar-refractivity contribution in [2.24, 2.45) is 11.8 Å². The Labute approximate surface area is 273 Å². The summed E-state index contributed by atoms with van der Waals surface area (Å²) < 4.78 is 23.8. The van der Waals surface area contributed by atoms with Gasteiger partial charge in [-0.15, -0.1) is 11.3 Å². The van der Waals surface area contributed by atoms with Crippen LogP contribution in [0.2, 0.25) is 10.0 Å². The number of carbonyl (C=O) groups excluding carboxylic acids is 2. The van der Waals surface area contributed by atoms with Crippen molar-refractivity contribution in [3.63, 3.8) is 0 Å². The molecule has 1 aliphatic heterocycles. The summed E-state index contributed by atoms with van der Waals surface area (Å²) in [6.45, 7) is 3.75. The maximum atomic E-state index is 12.7. The van der Waals surface area contributed by atoms with Gasteiger partial charge in [0.25, 0.3) is 0 Å². The Morgan fingerprint density at radius 2 is 1.44 bits per heavy atom. The number of carbonyl (C=O) groups is 4. The van der Waals surface area contributed by atoms with Crippen LogP contribution in [0.3, 0.4) is 0 Å². The van der Waals surface area contributed by atoms with Gasteiger partial charge in [-0.25, -0.2) is 0 Å². The zero-order valence-corrected chi connectivity index (χ0v) is 27.4. The number of rotatable bonds is 15. The molecule has 11 nitrogen and oxygen atoms in total. The fourth-order valence-electron chi connectivity index (χ4n) is 4.81. The van der Waals surface area contributed by atoms with Gasteiger partial charge in [0.2, 0.25) is 5.91 Å². The molecule has 0 saturated heterocycles. The number of nitrogens with zero attached hydrogens (tertiary/aromatic N) is 1. The molecular formula is C31H33Cl2NO10S. The Morgan fingerprint density at radius 1 is 0.844 bits per heavy atom. The summed E-state index contributed by atoms with van der Waals surface area (Å²) >= 11 is 14.6. The lowest BCUT2D eigenvalue weighted by Gasteiger charge is -2.17. The first-order valence-corrected chi connectivity index (χ1v) is 15.6. The number of carboxylic acid groups (broad SMARTS) is 2. The lowest BCUT2D eigenvalue weighted by atomic mass is 10.0. The van der Waals surface area contributed by atoms with Crippen molar-refractivity contribution in [3.8, 4) is 23.0 Å². The van der Waals surface area contributed by atoms with Crippen LogP contribution in [0, 0.1) is 11.8 Å². The normalized spacial score (nSPS) is 13.7. The number of aliphatic carboxylic acids is 2. The molecule has 0 bridgehead atoms. The van der Waals surface area contributed by atoms with Crippen LogP contribution in [0.15, 0.2) is 18.2 Å². The summed E-state index contributed by atoms with van der Waals surface area (Å²) in [6.07, 6.45) is 0.206. The molecule has 0 radical (unpaired) electrons. The van der Waals surface area contributed by atoms with Gasteiger partial charge in [0.15, 0.2) is 28.8 Å². The highest BCUT2D eigenvalue weighted by atomic mass is 35.5. The van der Waals surface area contributed by atoms with E-state index < -0.39 is 23.8 Å². The molecule has 1 aromatic heterocycles. The van der Waals surface area contributed by atoms with Crippen molar-refractivity contribution in [1.82, 2.24) is 4.90 Å². The predicted octanol–water partition coefficient (Wildman–Crippen LogP) is 6.32. The van der Waals surface area contributed by atoms with Crippen LogP contribution in [0.4, 0.5) is 0 Å². The molecule has 2 heterocycles. The molecule has 1 amide bonds. The number of Topliss-reactive ketones (excluding diaryl/α,β-unsaturated/α-hetero) is 1. The molecule has 0 saturated carbocycles. The number of benzene rings is 2. The summed E-state index contributed by atoms with van der Waals surface area (Å²) in [5, 5.41) is 19.6. The molecule has 45 heavy (non-hydrogen) atoms. The molecular weight excluding hydrogens is 649 g/mol. The monoisotopic (exact) mass is 681 g/mol. The van der Waals surface area contributed by atoms with Gasteiger partial charge in [-0.2, -0.15) is 0 Å². The highest BCUT2D eigenvalue weighted by molar-refractivity contribution is 7.20. The Kier molecular flexibility index (Phi) is 11.1. The van der Waals surface area contributed by atoms with E-state index in [1.165, 1.54) is 44.3 Å². The maximum Gasteiger partial charge on any atom is 0.306 e. The molecule has 0 fully saturated rings. The van der Waals surface area contributed by atoms with Crippen molar-refractivity contribution in [2.75, 3.05) is 27.4 Å². The highest BCUT2D eigenvalue weighted by Gasteiger charge is 2.33. The minimum absolute atomic E-state index is 0.0880. The second kappa shape index (κ2) is 14.6. The molecule has 14 heteroatoms. The zero-order valence-electron chi connectivity index (χ0n) is 25.1. The number of thiophene rings is 1. The van der Waals surface area contributed by atoms with E-state index in [4.69, 9.17) is 52.4 Å². The van der Waals surface area contributed by atoms with Crippen molar-refractivity contribution >= 4 is 68.3 Å². The number of ether oxygens (including phenoxy) is 4. The van der Waals surface area contributed by atoms with Crippen molar-refractivity contribution in [1.29, 1.82) is 0 Å². The van der Waals surface area contributed by atoms with E-state index in [1.807, 2.05) is 0 Å². The smallest absolute Gasteiger partial charge is 0.306 e. The van der Waals surface area contributed by atoms with Gasteiger partial charge in [0, 0.05) is 54.2 Å². The van der Waals surface area contributed by atoms with E-state index in [-0.39, 0.29) is 72.4 Å². The van der Waals surface area contributed by atoms with Gasteiger partial charge in [0.05, 0.1) is 54.2 Å². The molecule has 2 N–H and O–H groups in total. The van der Waals surface area contributed by atoms with E-state index in [0.717, 1.165) is 10.1 Å². The molecule has 0 spiro atoms. The minimum Gasteiger partial charge on any atom is -0.493 e. The summed E-state index contributed by atoms with van der Waals surface area (Å²) in [6, 6.07) is 5.27. The van der Waals surface area contributed by atoms with E-state index in [1.54, 1.807) is 18.2 Å². The number of hydrogen-bond donors (Lipinski definition) is 2. The molecule has 4 rings (SSSR count). The van der Waals surface area contributed by atoms with Crippen LogP contribution in [0.5, 0.6) is 23.0 Å². The molecule has 2 aromatic carbocycles. The van der Waals surface area contributed by atoms with Crippen LogP contribution < -0.4 is 18.9 Å². The molecule has 242 valence electrons. The summed E-state index contributed by atoms with van der Waals surface area (Å²) in [4.78, 5) is 49.6. The fraction of sp³-hybridized carbons (Fsp3) is 0.419. The van der Waals surface area contributed by atoms with Crippen LogP contribution >= 0.6 is 34.5 Å². The average Bonchev–Trinajstić information content (AvgIpc) is 3.64. The Balaban J connectivity index is 1.40. The number of fused-ring (bicyclic) bond motifs is 2. The zero-order chi connectivity index (χ0) is 33.0. The number of carboxylic acids is 2. The van der Waals surface area contributed by atoms with Gasteiger partial charge in [-0.3, -0.25) is 19.2 Å². The van der Waals surface area contributed by atoms with Crippen molar-refractivity contribution in [3.05, 3.63) is 44.2 Å². The van der Waals surface area contributed by atoms with Gasteiger partial charge in [-0.1, -0.05) is 37.0 Å². The van der Waals surface area contributed by atoms with E-state index in [2.05, 4.69) is 0 Å². The first-order chi connectivity index (χ1) is 21.4. The van der Waals surface area contributed by atoms with Crippen molar-refractivity contribution < 1.29 is 48.3 Å². The predicted molar refractivity (Wildman–Crippen MR) is 168 cm³/mol. The molecule has 0 unspecified atom stereocenters. The minimum atomic E-state index is -1.05. The van der Waals surface area contributed by atoms with E-state index in [0.29, 0.717) is 33.9 Å². The number of amides is 1. The second-order valence-corrected chi connectivity index (χ2v) is 12.5. The topological polar surface area (TPSA) is 149 Å². The summed E-state index contributed by atoms with van der Waals surface area (Å²) in [5.41, 5.74) is 1.25. The van der Waals surface area contributed by atoms with Crippen molar-refractivity contribution in [2.45, 2.75) is 46.2 Å². The highest BCUT2D eigenvalue weighted by Crippen LogP contribution is 2.49. The third kappa shape index (κ3) is 7.57. The molecule has 0 aliphatic carbocycles. The first kappa shape index (κ1) is 34.1. The SMILES string of the molecule is COc1cc2sc(C(=O)C[C@H](C)C(=O)O)cc2cc1OCCCOc1c(Cl)c2c(c(Cl)c1OC)CN(C(=O)C[C@H](C)C(=O)O)C2. The number of hydrogen-bond acceptors (Lipinski definition) is 9. The van der Waals surface area contributed by atoms with E-state index in [9.17, 15) is 19.2 Å². The largest absolute Gasteiger partial charge is 0.493 e. The van der Waals surface area contributed by atoms with Crippen LogP contribution in [0.1, 0.15) is 53.9 Å². The Morgan fingerprint density at radius 3 is 2.04 bits per heavy atom. The second-order valence-electron chi connectivity index (χ2n) is 10.7. The lowest BCUT2D eigenvalue weighted by Crippen LogP contribution is -2.28. The van der Waals surface area contributed by atoms with Gasteiger partial charge >= 0.3 is 11.9 Å². The summed E-state index contributed by atoms with van der Waals surface area (Å²) in [7, 11) is 2.95. The quantitative estimate of drug-likeness (QED) is 0.138. The van der Waals surface area contributed by atoms with Crippen LogP contribution in [-0.2, 0) is 27.5 Å². The maximum absolute atomic E-state index is 12.7. The van der Waals surface area contributed by atoms with Crippen LogP contribution in [0.25, 0.3) is 10.1 Å². The standard InChI is InChI=1S/C31H33Cl2NO10S/c1-15(30(37)38)8-20(35)24-11-17-10-22(21(41-3)12-23(17)45-24)43-6-5-7-44-29-27(33)19-14-34(25(36)9-16(2)31(39)40)13-18(19)26(32)28(29)42-4/h10-12,15-16H,5-9,13-14H2,1-4H3,(H,37,38)(H,39,40)/t15-,16-/m0/s1. The van der Waals surface area contributed by atoms with Gasteiger partial charge in [-0.05, 0) is 17.5 Å². The Bertz CT molecular complexity index is 1640. The fourth-order valence-corrected chi connectivity index (χ4v) is 6.48. The first-order valence-electron chi connectivity index (χ1n) is 14.1. The summed E-state index contributed by atoms with van der Waals surface area (Å²) in [5.74, 6) is -2.80. The Hall–Kier alpha value is -3.74. The van der Waals surface area contributed by atoms with Gasteiger partial charge < -0.3 is 34.1 Å². The third-order valence-electron chi connectivity index (χ3n) is 7.44. The number of methoxy groups -OCH3 is 2. The van der Waals surface area contributed by atoms with E-state index >= 15 is 0 Å². The molecule has 1 aliphatic rings. The lowest BCUT2D eigenvalue weighted by molar-refractivity contribution is -0.145. The third-order valence-corrected chi connectivity index (χ3v) is 9.38. The number of halogens is 2.